The number of aryl methyl sites for hydroxylation is 1. The molecular weight excluding hydrogens is 210 g/mol. The van der Waals surface area contributed by atoms with Gasteiger partial charge < -0.3 is 5.73 Å². The van der Waals surface area contributed by atoms with Crippen LogP contribution in [0.3, 0.4) is 0 Å². The predicted molar refractivity (Wildman–Crippen MR) is 69.3 cm³/mol. The van der Waals surface area contributed by atoms with Crippen molar-refractivity contribution < 1.29 is 0 Å². The number of nitrogen functional groups attached to an aromatic ring is 1. The van der Waals surface area contributed by atoms with Gasteiger partial charge >= 0.3 is 0 Å². The quantitative estimate of drug-likeness (QED) is 0.474. The van der Waals surface area contributed by atoms with E-state index >= 15 is 0 Å². The largest absolute Gasteiger partial charge is 0.398 e. The molecule has 0 heterocycles. The zero-order chi connectivity index (χ0) is 10.4. The first kappa shape index (κ1) is 11.8. The Hall–Kier alpha value is -0.280. The number of hydrogen-bond donors (Lipinski definition) is 1. The lowest BCUT2D eigenvalue weighted by molar-refractivity contribution is 1.36. The monoisotopic (exact) mass is 227 g/mol. The van der Waals surface area contributed by atoms with Crippen LogP contribution in [0.1, 0.15) is 12.5 Å². The molecule has 0 fully saturated rings. The van der Waals surface area contributed by atoms with E-state index in [4.69, 9.17) is 5.73 Å². The summed E-state index contributed by atoms with van der Waals surface area (Å²) in [6.45, 7) is 4.29. The second kappa shape index (κ2) is 6.25. The van der Waals surface area contributed by atoms with Crippen molar-refractivity contribution >= 4 is 29.2 Å². The number of thioether (sulfide) groups is 2. The summed E-state index contributed by atoms with van der Waals surface area (Å²) >= 11 is 3.83. The molecule has 14 heavy (non-hydrogen) atoms. The molecule has 0 bridgehead atoms. The standard InChI is InChI=1S/C11H17NS2/c1-3-13-6-7-14-11-8-9(2)4-5-10(11)12/h4-5,8H,3,6-7,12H2,1-2H3. The fourth-order valence-corrected chi connectivity index (χ4v) is 2.94. The maximum absolute atomic E-state index is 5.88. The molecule has 0 amide bonds. The molecule has 1 aromatic rings. The van der Waals surface area contributed by atoms with Crippen LogP contribution in [0, 0.1) is 6.92 Å². The number of nitrogens with two attached hydrogens (primary N) is 1. The minimum atomic E-state index is 0.905. The van der Waals surface area contributed by atoms with Crippen LogP contribution in [-0.4, -0.2) is 17.3 Å². The Balaban J connectivity index is 2.45. The Labute approximate surface area is 94.8 Å². The van der Waals surface area contributed by atoms with E-state index in [1.165, 1.54) is 22.0 Å². The molecule has 0 aliphatic heterocycles. The molecule has 2 N–H and O–H groups in total. The van der Waals surface area contributed by atoms with Gasteiger partial charge in [-0.2, -0.15) is 11.8 Å². The first-order chi connectivity index (χ1) is 6.74. The number of rotatable bonds is 5. The van der Waals surface area contributed by atoms with E-state index in [2.05, 4.69) is 26.0 Å². The molecule has 1 nitrogen and oxygen atoms in total. The third kappa shape index (κ3) is 3.84. The molecule has 0 aliphatic rings. The van der Waals surface area contributed by atoms with Gasteiger partial charge in [0.05, 0.1) is 0 Å². The Kier molecular flexibility index (Phi) is 5.26. The highest BCUT2D eigenvalue weighted by molar-refractivity contribution is 8.03. The van der Waals surface area contributed by atoms with Gasteiger partial charge in [-0.05, 0) is 30.4 Å². The van der Waals surface area contributed by atoms with Gasteiger partial charge in [0.2, 0.25) is 0 Å². The average molecular weight is 227 g/mol. The van der Waals surface area contributed by atoms with Crippen molar-refractivity contribution in [3.8, 4) is 0 Å². The van der Waals surface area contributed by atoms with E-state index in [-0.39, 0.29) is 0 Å². The van der Waals surface area contributed by atoms with Crippen molar-refractivity contribution in [1.29, 1.82) is 0 Å². The van der Waals surface area contributed by atoms with Crippen LogP contribution in [0.4, 0.5) is 5.69 Å². The third-order valence-electron chi connectivity index (χ3n) is 1.86. The van der Waals surface area contributed by atoms with E-state index in [0.717, 1.165) is 11.4 Å². The molecule has 0 aromatic heterocycles. The molecule has 0 atom stereocenters. The van der Waals surface area contributed by atoms with Crippen molar-refractivity contribution in [3.05, 3.63) is 23.8 Å². The SMILES string of the molecule is CCSCCSc1cc(C)ccc1N. The Bertz CT molecular complexity index is 287. The highest BCUT2D eigenvalue weighted by atomic mass is 32.2. The minimum absolute atomic E-state index is 0.905. The van der Waals surface area contributed by atoms with Gasteiger partial charge in [0, 0.05) is 22.1 Å². The fraction of sp³-hybridized carbons (Fsp3) is 0.455. The topological polar surface area (TPSA) is 26.0 Å². The van der Waals surface area contributed by atoms with Crippen molar-refractivity contribution in [1.82, 2.24) is 0 Å². The van der Waals surface area contributed by atoms with E-state index in [0.29, 0.717) is 0 Å². The maximum Gasteiger partial charge on any atom is 0.0452 e. The minimum Gasteiger partial charge on any atom is -0.398 e. The van der Waals surface area contributed by atoms with Crippen molar-refractivity contribution in [2.24, 2.45) is 0 Å². The highest BCUT2D eigenvalue weighted by Gasteiger charge is 1.99. The summed E-state index contributed by atoms with van der Waals surface area (Å²) in [7, 11) is 0. The Morgan fingerprint density at radius 3 is 2.79 bits per heavy atom. The second-order valence-corrected chi connectivity index (χ2v) is 5.62. The van der Waals surface area contributed by atoms with Crippen LogP contribution in [0.15, 0.2) is 23.1 Å². The Morgan fingerprint density at radius 1 is 1.29 bits per heavy atom. The highest BCUT2D eigenvalue weighted by Crippen LogP contribution is 2.26. The van der Waals surface area contributed by atoms with Crippen LogP contribution in [0.5, 0.6) is 0 Å². The summed E-state index contributed by atoms with van der Waals surface area (Å²) < 4.78 is 0. The lowest BCUT2D eigenvalue weighted by Gasteiger charge is -2.05. The smallest absolute Gasteiger partial charge is 0.0452 e. The summed E-state index contributed by atoms with van der Waals surface area (Å²) in [6, 6.07) is 6.21. The van der Waals surface area contributed by atoms with E-state index in [1.807, 2.05) is 29.6 Å². The normalized spacial score (nSPS) is 10.4. The lowest BCUT2D eigenvalue weighted by atomic mass is 10.2. The molecule has 0 aliphatic carbocycles. The molecule has 0 radical (unpaired) electrons. The maximum atomic E-state index is 5.88. The number of hydrogen-bond acceptors (Lipinski definition) is 3. The summed E-state index contributed by atoms with van der Waals surface area (Å²) in [5.41, 5.74) is 8.06. The molecule has 0 saturated heterocycles. The molecule has 0 spiro atoms. The van der Waals surface area contributed by atoms with Crippen LogP contribution >= 0.6 is 23.5 Å². The van der Waals surface area contributed by atoms with Gasteiger partial charge in [-0.3, -0.25) is 0 Å². The van der Waals surface area contributed by atoms with Gasteiger partial charge in [-0.15, -0.1) is 11.8 Å². The molecule has 0 saturated carbocycles. The van der Waals surface area contributed by atoms with Crippen LogP contribution in [-0.2, 0) is 0 Å². The van der Waals surface area contributed by atoms with E-state index < -0.39 is 0 Å². The number of anilines is 1. The van der Waals surface area contributed by atoms with Crippen molar-refractivity contribution in [2.45, 2.75) is 18.7 Å². The first-order valence-corrected chi connectivity index (χ1v) is 6.94. The number of benzene rings is 1. The van der Waals surface area contributed by atoms with Gasteiger partial charge in [0.1, 0.15) is 0 Å². The second-order valence-electron chi connectivity index (χ2n) is 3.09. The first-order valence-electron chi connectivity index (χ1n) is 4.80. The molecule has 1 rings (SSSR count). The van der Waals surface area contributed by atoms with Crippen LogP contribution in [0.2, 0.25) is 0 Å². The van der Waals surface area contributed by atoms with Crippen molar-refractivity contribution in [2.75, 3.05) is 23.0 Å². The summed E-state index contributed by atoms with van der Waals surface area (Å²) in [6.07, 6.45) is 0. The third-order valence-corrected chi connectivity index (χ3v) is 4.09. The van der Waals surface area contributed by atoms with Gasteiger partial charge in [-0.1, -0.05) is 13.0 Å². The molecule has 3 heteroatoms. The van der Waals surface area contributed by atoms with Gasteiger partial charge in [0.25, 0.3) is 0 Å². The molecule has 1 aromatic carbocycles. The van der Waals surface area contributed by atoms with E-state index in [1.54, 1.807) is 0 Å². The molecule has 0 unspecified atom stereocenters. The predicted octanol–water partition coefficient (Wildman–Crippen LogP) is 3.42. The zero-order valence-electron chi connectivity index (χ0n) is 8.75. The Morgan fingerprint density at radius 2 is 2.07 bits per heavy atom. The van der Waals surface area contributed by atoms with Crippen LogP contribution in [0.25, 0.3) is 0 Å². The lowest BCUT2D eigenvalue weighted by Crippen LogP contribution is -1.91. The van der Waals surface area contributed by atoms with Crippen molar-refractivity contribution in [3.63, 3.8) is 0 Å². The molecular formula is C11H17NS2. The fourth-order valence-electron chi connectivity index (χ4n) is 1.12. The van der Waals surface area contributed by atoms with Crippen LogP contribution < -0.4 is 5.73 Å². The zero-order valence-corrected chi connectivity index (χ0v) is 10.4. The van der Waals surface area contributed by atoms with Gasteiger partial charge in [0.15, 0.2) is 0 Å². The summed E-state index contributed by atoms with van der Waals surface area (Å²) in [4.78, 5) is 1.22. The average Bonchev–Trinajstić information content (AvgIpc) is 2.18. The summed E-state index contributed by atoms with van der Waals surface area (Å²) in [5.74, 6) is 3.55. The van der Waals surface area contributed by atoms with E-state index in [9.17, 15) is 0 Å². The summed E-state index contributed by atoms with van der Waals surface area (Å²) in [5, 5.41) is 0. The van der Waals surface area contributed by atoms with Gasteiger partial charge in [-0.25, -0.2) is 0 Å². The molecule has 78 valence electrons.